The van der Waals surface area contributed by atoms with Crippen molar-refractivity contribution in [3.63, 3.8) is 0 Å². The summed E-state index contributed by atoms with van der Waals surface area (Å²) in [5.74, 6) is 2.88. The second-order valence-electron chi connectivity index (χ2n) is 8.38. The molecule has 2 aliphatic rings. The van der Waals surface area contributed by atoms with E-state index in [9.17, 15) is 4.39 Å². The third-order valence-corrected chi connectivity index (χ3v) is 6.42. The van der Waals surface area contributed by atoms with Gasteiger partial charge < -0.3 is 15.0 Å². The van der Waals surface area contributed by atoms with Crippen LogP contribution in [0.5, 0.6) is 11.8 Å². The Balaban J connectivity index is 1.31. The zero-order valence-electron chi connectivity index (χ0n) is 17.8. The number of aromatic nitrogens is 5. The Morgan fingerprint density at radius 2 is 2.00 bits per heavy atom. The Morgan fingerprint density at radius 1 is 1.19 bits per heavy atom. The van der Waals surface area contributed by atoms with Gasteiger partial charge in [0, 0.05) is 35.9 Å². The van der Waals surface area contributed by atoms with Crippen LogP contribution in [0.1, 0.15) is 18.5 Å². The summed E-state index contributed by atoms with van der Waals surface area (Å²) in [4.78, 5) is 15.5. The van der Waals surface area contributed by atoms with Gasteiger partial charge in [-0.1, -0.05) is 17.7 Å². The van der Waals surface area contributed by atoms with E-state index < -0.39 is 6.67 Å². The fourth-order valence-corrected chi connectivity index (χ4v) is 4.91. The van der Waals surface area contributed by atoms with Gasteiger partial charge in [0.15, 0.2) is 0 Å². The van der Waals surface area contributed by atoms with Gasteiger partial charge in [0.2, 0.25) is 5.95 Å². The summed E-state index contributed by atoms with van der Waals surface area (Å²) in [6.07, 6.45) is 3.90. The summed E-state index contributed by atoms with van der Waals surface area (Å²) in [5.41, 5.74) is 0.970. The highest BCUT2D eigenvalue weighted by Gasteiger charge is 2.43. The van der Waals surface area contributed by atoms with Crippen molar-refractivity contribution < 1.29 is 9.13 Å². The lowest BCUT2D eigenvalue weighted by molar-refractivity contribution is 0.363. The molecular weight excluding hydrogens is 433 g/mol. The number of rotatable bonds is 7. The lowest BCUT2D eigenvalue weighted by Gasteiger charge is -2.38. The smallest absolute Gasteiger partial charge is 0.322 e. The first kappa shape index (κ1) is 20.9. The largest absolute Gasteiger partial charge is 0.424 e. The van der Waals surface area contributed by atoms with Crippen molar-refractivity contribution in [3.8, 4) is 11.8 Å². The highest BCUT2D eigenvalue weighted by Crippen LogP contribution is 2.39. The Kier molecular flexibility index (Phi) is 5.82. The number of halogens is 2. The first-order valence-electron chi connectivity index (χ1n) is 10.8. The molecule has 168 valence electrons. The van der Waals surface area contributed by atoms with Crippen LogP contribution in [0.2, 0.25) is 5.02 Å². The summed E-state index contributed by atoms with van der Waals surface area (Å²) >= 11 is 6.04. The van der Waals surface area contributed by atoms with E-state index in [1.807, 2.05) is 13.0 Å². The van der Waals surface area contributed by atoms with E-state index in [0.717, 1.165) is 37.4 Å². The molecule has 0 spiro atoms. The van der Waals surface area contributed by atoms with E-state index in [-0.39, 0.29) is 18.6 Å². The van der Waals surface area contributed by atoms with Gasteiger partial charge in [0.1, 0.15) is 24.6 Å². The number of hydrogen-bond acceptors (Lipinski definition) is 7. The molecule has 1 saturated heterocycles. The zero-order chi connectivity index (χ0) is 22.1. The fourth-order valence-electron chi connectivity index (χ4n) is 4.73. The van der Waals surface area contributed by atoms with E-state index in [2.05, 4.69) is 30.3 Å². The maximum atomic E-state index is 13.1. The molecule has 3 atom stereocenters. The summed E-state index contributed by atoms with van der Waals surface area (Å²) in [7, 11) is 0. The number of aryl methyl sites for hydroxylation is 2. The molecule has 2 aromatic heterocycles. The van der Waals surface area contributed by atoms with Gasteiger partial charge in [-0.25, -0.2) is 19.0 Å². The zero-order valence-corrected chi connectivity index (χ0v) is 18.5. The number of nitrogens with zero attached hydrogens (tertiary/aromatic N) is 6. The fraction of sp³-hybridized carbons (Fsp3) is 0.455. The van der Waals surface area contributed by atoms with Gasteiger partial charge >= 0.3 is 6.01 Å². The number of fused-ring (bicyclic) bond motifs is 2. The summed E-state index contributed by atoms with van der Waals surface area (Å²) in [6, 6.07) is 9.55. The molecule has 1 aromatic carbocycles. The second-order valence-corrected chi connectivity index (χ2v) is 8.82. The molecule has 1 aliphatic heterocycles. The van der Waals surface area contributed by atoms with Crippen LogP contribution in [0.4, 0.5) is 16.2 Å². The van der Waals surface area contributed by atoms with Gasteiger partial charge in [-0.05, 0) is 49.8 Å². The molecule has 10 heteroatoms. The van der Waals surface area contributed by atoms with Crippen molar-refractivity contribution in [1.29, 1.82) is 0 Å². The molecule has 3 aromatic rings. The van der Waals surface area contributed by atoms with Crippen LogP contribution >= 0.6 is 11.6 Å². The molecule has 1 saturated carbocycles. The number of alkyl halides is 1. The summed E-state index contributed by atoms with van der Waals surface area (Å²) in [6.45, 7) is 3.33. The number of benzene rings is 1. The average molecular weight is 458 g/mol. The molecule has 3 heterocycles. The van der Waals surface area contributed by atoms with Crippen LogP contribution in [0.25, 0.3) is 0 Å². The van der Waals surface area contributed by atoms with Gasteiger partial charge in [-0.2, -0.15) is 4.98 Å². The van der Waals surface area contributed by atoms with Crippen molar-refractivity contribution in [3.05, 3.63) is 47.4 Å². The number of ether oxygens (including phenoxy) is 1. The van der Waals surface area contributed by atoms with Gasteiger partial charge in [0.25, 0.3) is 0 Å². The van der Waals surface area contributed by atoms with Crippen molar-refractivity contribution in [2.24, 2.45) is 11.8 Å². The predicted octanol–water partition coefficient (Wildman–Crippen LogP) is 4.12. The Morgan fingerprint density at radius 3 is 2.72 bits per heavy atom. The van der Waals surface area contributed by atoms with Crippen LogP contribution in [0, 0.1) is 18.8 Å². The summed E-state index contributed by atoms with van der Waals surface area (Å²) < 4.78 is 20.4. The highest BCUT2D eigenvalue weighted by molar-refractivity contribution is 6.30. The van der Waals surface area contributed by atoms with Crippen molar-refractivity contribution >= 4 is 23.4 Å². The molecule has 0 unspecified atom stereocenters. The third kappa shape index (κ3) is 4.34. The molecule has 0 amide bonds. The Hall–Kier alpha value is -2.94. The molecule has 1 N–H and O–H groups in total. The topological polar surface area (TPSA) is 81.0 Å². The van der Waals surface area contributed by atoms with Crippen LogP contribution in [-0.2, 0) is 6.54 Å². The van der Waals surface area contributed by atoms with E-state index in [0.29, 0.717) is 28.6 Å². The number of nitrogens with one attached hydrogen (secondary N) is 1. The first-order valence-corrected chi connectivity index (χ1v) is 11.2. The molecule has 2 bridgehead atoms. The summed E-state index contributed by atoms with van der Waals surface area (Å²) in [5, 5.41) is 8.53. The highest BCUT2D eigenvalue weighted by atomic mass is 35.5. The van der Waals surface area contributed by atoms with Gasteiger partial charge in [-0.15, -0.1) is 5.10 Å². The predicted molar refractivity (Wildman–Crippen MR) is 120 cm³/mol. The minimum Gasteiger partial charge on any atom is -0.424 e. The monoisotopic (exact) mass is 457 g/mol. The molecule has 1 aliphatic carbocycles. The first-order chi connectivity index (χ1) is 15.6. The number of piperidine rings is 1. The lowest BCUT2D eigenvalue weighted by atomic mass is 9.92. The van der Waals surface area contributed by atoms with Crippen LogP contribution in [-0.4, -0.2) is 50.5 Å². The molecule has 2 fully saturated rings. The lowest BCUT2D eigenvalue weighted by Crippen LogP contribution is -2.48. The third-order valence-electron chi connectivity index (χ3n) is 6.18. The van der Waals surface area contributed by atoms with Crippen molar-refractivity contribution in [2.75, 3.05) is 30.0 Å². The van der Waals surface area contributed by atoms with E-state index in [4.69, 9.17) is 16.3 Å². The average Bonchev–Trinajstić information content (AvgIpc) is 3.23. The molecule has 32 heavy (non-hydrogen) atoms. The Bertz CT molecular complexity index is 1080. The van der Waals surface area contributed by atoms with Crippen LogP contribution < -0.4 is 15.0 Å². The molecule has 0 radical (unpaired) electrons. The maximum absolute atomic E-state index is 13.1. The van der Waals surface area contributed by atoms with Crippen LogP contribution in [0.15, 0.2) is 36.7 Å². The Labute approximate surface area is 190 Å². The number of anilines is 2. The minimum atomic E-state index is -0.559. The van der Waals surface area contributed by atoms with Gasteiger partial charge in [0.05, 0.1) is 6.54 Å². The minimum absolute atomic E-state index is 0.0724. The number of hydrogen-bond donors (Lipinski definition) is 1. The molecule has 5 rings (SSSR count). The van der Waals surface area contributed by atoms with Crippen molar-refractivity contribution in [1.82, 2.24) is 24.7 Å². The molecule has 8 nitrogen and oxygen atoms in total. The van der Waals surface area contributed by atoms with Gasteiger partial charge in [-0.3, -0.25) is 0 Å². The van der Waals surface area contributed by atoms with E-state index >= 15 is 0 Å². The second kappa shape index (κ2) is 8.90. The standard InChI is InChI=1S/C22H25ClFN7O/c1-14-9-19(26-13-25-14)30-11-15-5-6-16(12-30)20(15)27-21-28-22(31(29-21)8-7-24)32-18-4-2-3-17(23)10-18/h2-4,9-10,13,15-16,20H,5-8,11-12H2,1H3,(H,27,29)/t15-,16+,20-. The van der Waals surface area contributed by atoms with E-state index in [1.54, 1.807) is 30.6 Å². The van der Waals surface area contributed by atoms with E-state index in [1.165, 1.54) is 4.68 Å². The maximum Gasteiger partial charge on any atom is 0.322 e. The van der Waals surface area contributed by atoms with Crippen molar-refractivity contribution in [2.45, 2.75) is 32.4 Å². The SMILES string of the molecule is Cc1cc(N2C[C@H]3CC[C@@H](C2)[C@@H]3Nc2nc(Oc3cccc(Cl)c3)n(CCF)n2)ncn1. The molecular formula is C22H25ClFN7O. The quantitative estimate of drug-likeness (QED) is 0.571. The van der Waals surface area contributed by atoms with Crippen LogP contribution in [0.3, 0.4) is 0 Å². The normalized spacial score (nSPS) is 22.2.